The predicted octanol–water partition coefficient (Wildman–Crippen LogP) is 3.06. The van der Waals surface area contributed by atoms with E-state index >= 15 is 0 Å². The van der Waals surface area contributed by atoms with E-state index in [-0.39, 0.29) is 18.4 Å². The standard InChI is InChI=1S/C24H25N5O5/c1-5-28(2)22(30)14-34-21-9-6-16(12-25-21)29-13-19-17(24(29)31)7-8-18(27-19)15-10-20(32-3)23(33-4)26-11-15/h6-13,31H,5,14H2,1-4H3. The highest BCUT2D eigenvalue weighted by atomic mass is 16.5. The fourth-order valence-corrected chi connectivity index (χ4v) is 3.33. The summed E-state index contributed by atoms with van der Waals surface area (Å²) in [5.41, 5.74) is 2.63. The van der Waals surface area contributed by atoms with E-state index in [0.29, 0.717) is 46.3 Å². The van der Waals surface area contributed by atoms with Gasteiger partial charge in [-0.25, -0.2) is 15.0 Å². The predicted molar refractivity (Wildman–Crippen MR) is 126 cm³/mol. The molecule has 0 aliphatic heterocycles. The van der Waals surface area contributed by atoms with Gasteiger partial charge in [-0.1, -0.05) is 0 Å². The molecule has 10 heteroatoms. The van der Waals surface area contributed by atoms with Crippen molar-refractivity contribution >= 4 is 16.8 Å². The molecule has 0 aliphatic rings. The number of hydrogen-bond acceptors (Lipinski definition) is 8. The maximum atomic E-state index is 11.9. The minimum Gasteiger partial charge on any atom is -0.494 e. The molecule has 0 saturated heterocycles. The van der Waals surface area contributed by atoms with Gasteiger partial charge >= 0.3 is 0 Å². The molecular formula is C24H25N5O5. The first-order valence-corrected chi connectivity index (χ1v) is 10.6. The number of rotatable bonds is 8. The summed E-state index contributed by atoms with van der Waals surface area (Å²) in [4.78, 5) is 26.6. The van der Waals surface area contributed by atoms with E-state index in [1.807, 2.05) is 6.92 Å². The zero-order valence-corrected chi connectivity index (χ0v) is 19.3. The van der Waals surface area contributed by atoms with Crippen LogP contribution >= 0.6 is 0 Å². The summed E-state index contributed by atoms with van der Waals surface area (Å²) in [7, 11) is 4.78. The first kappa shape index (κ1) is 22.8. The lowest BCUT2D eigenvalue weighted by atomic mass is 10.1. The highest BCUT2D eigenvalue weighted by Gasteiger charge is 2.15. The van der Waals surface area contributed by atoms with Gasteiger partial charge in [0.05, 0.1) is 42.7 Å². The van der Waals surface area contributed by atoms with E-state index in [1.54, 1.807) is 72.5 Å². The lowest BCUT2D eigenvalue weighted by Gasteiger charge is -2.14. The zero-order valence-electron chi connectivity index (χ0n) is 19.3. The number of pyridine rings is 3. The molecule has 0 aromatic carbocycles. The number of carbonyl (C=O) groups is 1. The van der Waals surface area contributed by atoms with Crippen molar-refractivity contribution in [3.8, 4) is 40.3 Å². The van der Waals surface area contributed by atoms with Crippen LogP contribution in [0.5, 0.6) is 23.4 Å². The average Bonchev–Trinajstić information content (AvgIpc) is 3.22. The number of likely N-dealkylation sites (N-methyl/N-ethyl adjacent to an activating group) is 1. The van der Waals surface area contributed by atoms with Crippen LogP contribution in [0, 0.1) is 0 Å². The molecule has 0 spiro atoms. The number of nitrogens with zero attached hydrogens (tertiary/aromatic N) is 5. The molecule has 0 atom stereocenters. The molecule has 0 bridgehead atoms. The quantitative estimate of drug-likeness (QED) is 0.424. The van der Waals surface area contributed by atoms with Crippen molar-refractivity contribution in [2.45, 2.75) is 6.92 Å². The monoisotopic (exact) mass is 463 g/mol. The Morgan fingerprint density at radius 3 is 2.62 bits per heavy atom. The van der Waals surface area contributed by atoms with E-state index in [4.69, 9.17) is 14.2 Å². The summed E-state index contributed by atoms with van der Waals surface area (Å²) in [5, 5.41) is 11.3. The van der Waals surface area contributed by atoms with E-state index in [2.05, 4.69) is 15.0 Å². The van der Waals surface area contributed by atoms with Crippen LogP contribution in [0.1, 0.15) is 6.92 Å². The fraction of sp³-hybridized carbons (Fsp3) is 0.250. The van der Waals surface area contributed by atoms with Gasteiger partial charge in [0.15, 0.2) is 12.4 Å². The van der Waals surface area contributed by atoms with Crippen molar-refractivity contribution in [1.29, 1.82) is 0 Å². The van der Waals surface area contributed by atoms with Crippen LogP contribution in [0.2, 0.25) is 0 Å². The van der Waals surface area contributed by atoms with Crippen LogP contribution in [0.3, 0.4) is 0 Å². The van der Waals surface area contributed by atoms with Crippen LogP contribution in [-0.2, 0) is 4.79 Å². The molecule has 4 rings (SSSR count). The first-order chi connectivity index (χ1) is 16.4. The van der Waals surface area contributed by atoms with Gasteiger partial charge in [0.25, 0.3) is 11.8 Å². The number of methoxy groups -OCH3 is 2. The van der Waals surface area contributed by atoms with Crippen molar-refractivity contribution in [2.75, 3.05) is 34.4 Å². The average molecular weight is 463 g/mol. The zero-order chi connectivity index (χ0) is 24.2. The highest BCUT2D eigenvalue weighted by Crippen LogP contribution is 2.33. The van der Waals surface area contributed by atoms with E-state index < -0.39 is 0 Å². The third-order valence-corrected chi connectivity index (χ3v) is 5.42. The number of fused-ring (bicyclic) bond motifs is 1. The Morgan fingerprint density at radius 1 is 1.12 bits per heavy atom. The summed E-state index contributed by atoms with van der Waals surface area (Å²) in [6.45, 7) is 2.40. The number of ether oxygens (including phenoxy) is 3. The van der Waals surface area contributed by atoms with Gasteiger partial charge in [-0.05, 0) is 31.2 Å². The Morgan fingerprint density at radius 2 is 1.94 bits per heavy atom. The van der Waals surface area contributed by atoms with Crippen molar-refractivity contribution < 1.29 is 24.1 Å². The third-order valence-electron chi connectivity index (χ3n) is 5.42. The van der Waals surface area contributed by atoms with Gasteiger partial charge in [-0.15, -0.1) is 0 Å². The minimum atomic E-state index is -0.130. The Balaban J connectivity index is 1.59. The summed E-state index contributed by atoms with van der Waals surface area (Å²) in [5.74, 6) is 1.11. The molecule has 4 aromatic rings. The number of aromatic nitrogens is 4. The normalized spacial score (nSPS) is 10.8. The van der Waals surface area contributed by atoms with Gasteiger partial charge in [0.1, 0.15) is 0 Å². The molecule has 4 aromatic heterocycles. The van der Waals surface area contributed by atoms with Gasteiger partial charge < -0.3 is 24.2 Å². The Bertz CT molecular complexity index is 1320. The van der Waals surface area contributed by atoms with Gasteiger partial charge in [-0.3, -0.25) is 9.36 Å². The summed E-state index contributed by atoms with van der Waals surface area (Å²) in [6, 6.07) is 8.78. The summed E-state index contributed by atoms with van der Waals surface area (Å²) in [6.07, 6.45) is 4.93. The number of amides is 1. The Hall–Kier alpha value is -4.34. The third kappa shape index (κ3) is 4.42. The minimum absolute atomic E-state index is 0.0368. The van der Waals surface area contributed by atoms with Gasteiger partial charge in [0.2, 0.25) is 11.8 Å². The van der Waals surface area contributed by atoms with Crippen LogP contribution < -0.4 is 14.2 Å². The largest absolute Gasteiger partial charge is 0.494 e. The molecule has 0 unspecified atom stereocenters. The van der Waals surface area contributed by atoms with E-state index in [0.717, 1.165) is 5.56 Å². The number of carbonyl (C=O) groups excluding carboxylic acids is 1. The van der Waals surface area contributed by atoms with Crippen LogP contribution in [0.4, 0.5) is 0 Å². The van der Waals surface area contributed by atoms with Crippen molar-refractivity contribution in [3.63, 3.8) is 0 Å². The Labute approximate surface area is 196 Å². The highest BCUT2D eigenvalue weighted by molar-refractivity contribution is 5.87. The SMILES string of the molecule is CCN(C)C(=O)COc1ccc(-n2cc3nc(-c4cnc(OC)c(OC)c4)ccc3c2O)cn1. The molecule has 10 nitrogen and oxygen atoms in total. The Kier molecular flexibility index (Phi) is 6.48. The second-order valence-corrected chi connectivity index (χ2v) is 7.44. The molecule has 34 heavy (non-hydrogen) atoms. The fourth-order valence-electron chi connectivity index (χ4n) is 3.33. The topological polar surface area (TPSA) is 112 Å². The van der Waals surface area contributed by atoms with Crippen molar-refractivity contribution in [1.82, 2.24) is 24.4 Å². The van der Waals surface area contributed by atoms with E-state index in [1.165, 1.54) is 7.11 Å². The number of aromatic hydroxyl groups is 1. The molecule has 0 fully saturated rings. The van der Waals surface area contributed by atoms with E-state index in [9.17, 15) is 9.90 Å². The summed E-state index contributed by atoms with van der Waals surface area (Å²) >= 11 is 0. The molecule has 0 aliphatic carbocycles. The summed E-state index contributed by atoms with van der Waals surface area (Å²) < 4.78 is 17.6. The van der Waals surface area contributed by atoms with Crippen molar-refractivity contribution in [2.24, 2.45) is 0 Å². The first-order valence-electron chi connectivity index (χ1n) is 10.6. The van der Waals surface area contributed by atoms with Crippen LogP contribution in [0.15, 0.2) is 48.9 Å². The van der Waals surface area contributed by atoms with Gasteiger partial charge in [0, 0.05) is 37.6 Å². The number of hydrogen-bond donors (Lipinski definition) is 1. The molecule has 0 radical (unpaired) electrons. The maximum Gasteiger partial charge on any atom is 0.260 e. The smallest absolute Gasteiger partial charge is 0.260 e. The van der Waals surface area contributed by atoms with Crippen LogP contribution in [-0.4, -0.2) is 69.9 Å². The van der Waals surface area contributed by atoms with Crippen molar-refractivity contribution in [3.05, 3.63) is 48.9 Å². The molecule has 0 saturated carbocycles. The molecular weight excluding hydrogens is 438 g/mol. The maximum absolute atomic E-state index is 11.9. The molecule has 1 amide bonds. The second-order valence-electron chi connectivity index (χ2n) is 7.44. The second kappa shape index (κ2) is 9.65. The lowest BCUT2D eigenvalue weighted by molar-refractivity contribution is -0.131. The van der Waals surface area contributed by atoms with Crippen LogP contribution in [0.25, 0.3) is 27.8 Å². The lowest BCUT2D eigenvalue weighted by Crippen LogP contribution is -2.31. The van der Waals surface area contributed by atoms with Gasteiger partial charge in [-0.2, -0.15) is 0 Å². The molecule has 176 valence electrons. The molecule has 1 N–H and O–H groups in total. The molecule has 4 heterocycles.